The Bertz CT molecular complexity index is 728. The molecule has 1 aliphatic heterocycles. The van der Waals surface area contributed by atoms with Crippen LogP contribution in [0.4, 0.5) is 0 Å². The van der Waals surface area contributed by atoms with Gasteiger partial charge in [0.2, 0.25) is 11.8 Å². The maximum atomic E-state index is 12.6. The fourth-order valence-corrected chi connectivity index (χ4v) is 3.13. The molecule has 0 radical (unpaired) electrons. The molecular formula is C18H27N5O2. The number of nitrogens with one attached hydrogen (secondary N) is 1. The number of amides is 1. The summed E-state index contributed by atoms with van der Waals surface area (Å²) in [4.78, 5) is 18.9. The maximum Gasteiger partial charge on any atom is 0.227 e. The Kier molecular flexibility index (Phi) is 4.92. The number of nitrogens with zero attached hydrogens (tertiary/aromatic N) is 4. The molecule has 0 unspecified atom stereocenters. The number of likely N-dealkylation sites (tertiary alicyclic amines) is 1. The molecule has 0 aromatic carbocycles. The van der Waals surface area contributed by atoms with Crippen LogP contribution in [0.3, 0.4) is 0 Å². The van der Waals surface area contributed by atoms with Gasteiger partial charge in [-0.2, -0.15) is 10.1 Å². The summed E-state index contributed by atoms with van der Waals surface area (Å²) in [6, 6.07) is 2.07. The molecule has 136 valence electrons. The van der Waals surface area contributed by atoms with Gasteiger partial charge in [0.25, 0.3) is 0 Å². The molecule has 7 nitrogen and oxygen atoms in total. The summed E-state index contributed by atoms with van der Waals surface area (Å²) in [6.45, 7) is 9.67. The third-order valence-corrected chi connectivity index (χ3v) is 4.61. The molecule has 1 saturated heterocycles. The van der Waals surface area contributed by atoms with Gasteiger partial charge in [0.1, 0.15) is 0 Å². The van der Waals surface area contributed by atoms with Gasteiger partial charge in [-0.3, -0.25) is 9.89 Å². The van der Waals surface area contributed by atoms with Gasteiger partial charge in [0.15, 0.2) is 5.82 Å². The number of carbonyl (C=O) groups excluding carboxylic acids is 1. The van der Waals surface area contributed by atoms with Gasteiger partial charge < -0.3 is 9.42 Å². The number of aromatic amines is 1. The van der Waals surface area contributed by atoms with E-state index in [4.69, 9.17) is 4.52 Å². The molecule has 25 heavy (non-hydrogen) atoms. The second-order valence-electron chi connectivity index (χ2n) is 7.92. The van der Waals surface area contributed by atoms with Gasteiger partial charge in [0, 0.05) is 43.0 Å². The topological polar surface area (TPSA) is 87.9 Å². The number of rotatable bonds is 4. The molecule has 1 N–H and O–H groups in total. The molecule has 7 heteroatoms. The Morgan fingerprint density at radius 2 is 2.24 bits per heavy atom. The normalized spacial score (nSPS) is 18.6. The first-order valence-corrected chi connectivity index (χ1v) is 8.95. The van der Waals surface area contributed by atoms with Crippen molar-refractivity contribution in [3.05, 3.63) is 29.2 Å². The lowest BCUT2D eigenvalue weighted by Crippen LogP contribution is -2.39. The second kappa shape index (κ2) is 6.98. The van der Waals surface area contributed by atoms with Crippen LogP contribution in [0.2, 0.25) is 0 Å². The first-order valence-electron chi connectivity index (χ1n) is 8.95. The molecular weight excluding hydrogens is 318 g/mol. The van der Waals surface area contributed by atoms with E-state index in [0.717, 1.165) is 37.3 Å². The van der Waals surface area contributed by atoms with E-state index in [9.17, 15) is 4.79 Å². The molecule has 3 heterocycles. The number of aromatic nitrogens is 4. The smallest absolute Gasteiger partial charge is 0.227 e. The van der Waals surface area contributed by atoms with Crippen molar-refractivity contribution in [2.75, 3.05) is 13.1 Å². The van der Waals surface area contributed by atoms with E-state index >= 15 is 0 Å². The Morgan fingerprint density at radius 1 is 1.44 bits per heavy atom. The monoisotopic (exact) mass is 345 g/mol. The highest BCUT2D eigenvalue weighted by Crippen LogP contribution is 2.26. The highest BCUT2D eigenvalue weighted by molar-refractivity contribution is 5.76. The van der Waals surface area contributed by atoms with Crippen LogP contribution in [0.5, 0.6) is 0 Å². The molecule has 2 aromatic heterocycles. The molecule has 1 amide bonds. The zero-order chi connectivity index (χ0) is 18.0. The zero-order valence-corrected chi connectivity index (χ0v) is 15.5. The van der Waals surface area contributed by atoms with E-state index in [-0.39, 0.29) is 11.3 Å². The minimum absolute atomic E-state index is 0.145. The fourth-order valence-electron chi connectivity index (χ4n) is 3.13. The minimum atomic E-state index is -0.145. The van der Waals surface area contributed by atoms with E-state index in [1.165, 1.54) is 0 Å². The summed E-state index contributed by atoms with van der Waals surface area (Å²) < 4.78 is 5.28. The quantitative estimate of drug-likeness (QED) is 0.920. The lowest BCUT2D eigenvalue weighted by atomic mass is 9.94. The summed E-state index contributed by atoms with van der Waals surface area (Å²) in [6.07, 6.45) is 2.98. The number of aryl methyl sites for hydroxylation is 2. The van der Waals surface area contributed by atoms with Gasteiger partial charge in [-0.05, 0) is 25.8 Å². The molecule has 0 bridgehead atoms. The SMILES string of the molecule is Cc1cc([C@H]2CCCN(C(=O)CCc3nc(C(C)(C)C)no3)C2)n[nH]1. The van der Waals surface area contributed by atoms with Gasteiger partial charge in [-0.15, -0.1) is 0 Å². The molecule has 1 fully saturated rings. The Hall–Kier alpha value is -2.18. The summed E-state index contributed by atoms with van der Waals surface area (Å²) >= 11 is 0. The lowest BCUT2D eigenvalue weighted by molar-refractivity contribution is -0.132. The van der Waals surface area contributed by atoms with Crippen molar-refractivity contribution in [2.45, 2.75) is 64.7 Å². The fraction of sp³-hybridized carbons (Fsp3) is 0.667. The lowest BCUT2D eigenvalue weighted by Gasteiger charge is -2.32. The van der Waals surface area contributed by atoms with E-state index in [2.05, 4.69) is 26.4 Å². The van der Waals surface area contributed by atoms with Crippen LogP contribution in [0.25, 0.3) is 0 Å². The Labute approximate surface area is 148 Å². The molecule has 0 aliphatic carbocycles. The number of carbonyl (C=O) groups is 1. The average Bonchev–Trinajstić information content (AvgIpc) is 3.21. The molecule has 0 saturated carbocycles. The van der Waals surface area contributed by atoms with E-state index in [1.807, 2.05) is 32.6 Å². The van der Waals surface area contributed by atoms with Crippen molar-refractivity contribution in [1.82, 2.24) is 25.2 Å². The largest absolute Gasteiger partial charge is 0.342 e. The van der Waals surface area contributed by atoms with Crippen LogP contribution in [0.1, 0.15) is 69.1 Å². The van der Waals surface area contributed by atoms with Crippen molar-refractivity contribution < 1.29 is 9.32 Å². The first-order chi connectivity index (χ1) is 11.8. The Morgan fingerprint density at radius 3 is 2.88 bits per heavy atom. The van der Waals surface area contributed by atoms with Gasteiger partial charge in [-0.25, -0.2) is 0 Å². The second-order valence-corrected chi connectivity index (χ2v) is 7.92. The third-order valence-electron chi connectivity index (χ3n) is 4.61. The van der Waals surface area contributed by atoms with Crippen LogP contribution in [-0.2, 0) is 16.6 Å². The number of hydrogen-bond acceptors (Lipinski definition) is 5. The average molecular weight is 345 g/mol. The summed E-state index contributed by atoms with van der Waals surface area (Å²) in [7, 11) is 0. The zero-order valence-electron chi connectivity index (χ0n) is 15.5. The Balaban J connectivity index is 1.55. The molecule has 0 spiro atoms. The van der Waals surface area contributed by atoms with Crippen LogP contribution in [0.15, 0.2) is 10.6 Å². The van der Waals surface area contributed by atoms with E-state index in [1.54, 1.807) is 0 Å². The van der Waals surface area contributed by atoms with Gasteiger partial charge in [0.05, 0.1) is 5.69 Å². The summed E-state index contributed by atoms with van der Waals surface area (Å²) in [5.74, 6) is 1.68. The number of piperidine rings is 1. The predicted molar refractivity (Wildman–Crippen MR) is 93.2 cm³/mol. The number of hydrogen-bond donors (Lipinski definition) is 1. The molecule has 3 rings (SSSR count). The van der Waals surface area contributed by atoms with Crippen molar-refractivity contribution >= 4 is 5.91 Å². The van der Waals surface area contributed by atoms with Crippen molar-refractivity contribution in [2.24, 2.45) is 0 Å². The molecule has 1 aliphatic rings. The standard InChI is InChI=1S/C18H27N5O2/c1-12-10-14(21-20-12)13-6-5-9-23(11-13)16(24)8-7-15-19-17(22-25-15)18(2,3)4/h10,13H,5-9,11H2,1-4H3,(H,20,21)/t13-/m0/s1. The highest BCUT2D eigenvalue weighted by Gasteiger charge is 2.27. The summed E-state index contributed by atoms with van der Waals surface area (Å²) in [5.41, 5.74) is 1.97. The first kappa shape index (κ1) is 17.6. The molecule has 2 aromatic rings. The number of H-pyrrole nitrogens is 1. The molecule has 1 atom stereocenters. The predicted octanol–water partition coefficient (Wildman–Crippen LogP) is 2.74. The minimum Gasteiger partial charge on any atom is -0.342 e. The van der Waals surface area contributed by atoms with Crippen molar-refractivity contribution in [3.63, 3.8) is 0 Å². The third kappa shape index (κ3) is 4.27. The van der Waals surface area contributed by atoms with Crippen molar-refractivity contribution in [3.8, 4) is 0 Å². The van der Waals surface area contributed by atoms with Crippen molar-refractivity contribution in [1.29, 1.82) is 0 Å². The maximum absolute atomic E-state index is 12.6. The summed E-state index contributed by atoms with van der Waals surface area (Å²) in [5, 5.41) is 11.4. The van der Waals surface area contributed by atoms with Gasteiger partial charge >= 0.3 is 0 Å². The van der Waals surface area contributed by atoms with Crippen LogP contribution >= 0.6 is 0 Å². The highest BCUT2D eigenvalue weighted by atomic mass is 16.5. The van der Waals surface area contributed by atoms with Gasteiger partial charge in [-0.1, -0.05) is 25.9 Å². The van der Waals surface area contributed by atoms with E-state index < -0.39 is 0 Å². The van der Waals surface area contributed by atoms with Crippen LogP contribution in [-0.4, -0.2) is 44.2 Å². The van der Waals surface area contributed by atoms with E-state index in [0.29, 0.717) is 30.5 Å². The van der Waals surface area contributed by atoms with Crippen LogP contribution in [0, 0.1) is 6.92 Å². The van der Waals surface area contributed by atoms with Crippen LogP contribution < -0.4 is 0 Å².